The Morgan fingerprint density at radius 1 is 1.21 bits per heavy atom. The molecular formula is C11H16O3. The monoisotopic (exact) mass is 196 g/mol. The summed E-state index contributed by atoms with van der Waals surface area (Å²) in [6, 6.07) is 0. The molecule has 14 heavy (non-hydrogen) atoms. The van der Waals surface area contributed by atoms with E-state index in [1.54, 1.807) is 0 Å². The van der Waals surface area contributed by atoms with Crippen LogP contribution in [0.2, 0.25) is 0 Å². The Bertz CT molecular complexity index is 257. The zero-order valence-corrected chi connectivity index (χ0v) is 8.24. The summed E-state index contributed by atoms with van der Waals surface area (Å²) in [5, 5.41) is 9.04. The number of Topliss-reactive ketones (excluding diaryl/α,β-unsaturated/α-hetero) is 1. The molecule has 0 saturated heterocycles. The van der Waals surface area contributed by atoms with Crippen LogP contribution in [-0.4, -0.2) is 16.9 Å². The van der Waals surface area contributed by atoms with Gasteiger partial charge in [0.05, 0.1) is 5.92 Å². The molecule has 78 valence electrons. The second-order valence-corrected chi connectivity index (χ2v) is 4.52. The van der Waals surface area contributed by atoms with Crippen molar-refractivity contribution in [3.63, 3.8) is 0 Å². The van der Waals surface area contributed by atoms with Gasteiger partial charge in [-0.1, -0.05) is 6.42 Å². The molecule has 3 unspecified atom stereocenters. The van der Waals surface area contributed by atoms with Crippen LogP contribution in [0.3, 0.4) is 0 Å². The van der Waals surface area contributed by atoms with Crippen molar-refractivity contribution in [2.24, 2.45) is 17.8 Å². The Balaban J connectivity index is 2.18. The quantitative estimate of drug-likeness (QED) is 0.696. The van der Waals surface area contributed by atoms with Crippen LogP contribution < -0.4 is 0 Å². The summed E-state index contributed by atoms with van der Waals surface area (Å²) >= 11 is 0. The molecule has 0 aliphatic heterocycles. The van der Waals surface area contributed by atoms with E-state index < -0.39 is 5.97 Å². The molecule has 2 saturated carbocycles. The van der Waals surface area contributed by atoms with Crippen molar-refractivity contribution in [3.8, 4) is 0 Å². The van der Waals surface area contributed by atoms with Crippen molar-refractivity contribution in [3.05, 3.63) is 0 Å². The Labute approximate surface area is 83.5 Å². The molecule has 3 nitrogen and oxygen atoms in total. The molecule has 3 atom stereocenters. The van der Waals surface area contributed by atoms with Gasteiger partial charge in [0.2, 0.25) is 0 Å². The maximum absolute atomic E-state index is 11.7. The molecule has 3 heteroatoms. The first kappa shape index (κ1) is 9.69. The lowest BCUT2D eigenvalue weighted by Gasteiger charge is -2.38. The number of hydrogen-bond donors (Lipinski definition) is 1. The van der Waals surface area contributed by atoms with Crippen LogP contribution in [-0.2, 0) is 9.59 Å². The SMILES string of the molecule is O=C(O)C1CCCC2CCCC(=O)C21. The van der Waals surface area contributed by atoms with Crippen molar-refractivity contribution in [1.82, 2.24) is 0 Å². The highest BCUT2D eigenvalue weighted by Gasteiger charge is 2.43. The number of carboxylic acids is 1. The Hall–Kier alpha value is -0.860. The first-order valence-corrected chi connectivity index (χ1v) is 5.45. The van der Waals surface area contributed by atoms with Crippen LogP contribution in [0.4, 0.5) is 0 Å². The summed E-state index contributed by atoms with van der Waals surface area (Å²) in [6.07, 6.45) is 5.35. The van der Waals surface area contributed by atoms with E-state index in [1.807, 2.05) is 0 Å². The molecule has 0 spiro atoms. The lowest BCUT2D eigenvalue weighted by atomic mass is 9.65. The molecule has 2 fully saturated rings. The van der Waals surface area contributed by atoms with Gasteiger partial charge in [0.15, 0.2) is 0 Å². The lowest BCUT2D eigenvalue weighted by Crippen LogP contribution is -2.40. The third-order valence-electron chi connectivity index (χ3n) is 3.72. The van der Waals surface area contributed by atoms with Gasteiger partial charge < -0.3 is 5.11 Å². The Morgan fingerprint density at radius 2 is 1.93 bits per heavy atom. The number of carboxylic acid groups (broad SMARTS) is 1. The number of fused-ring (bicyclic) bond motifs is 1. The molecule has 0 heterocycles. The first-order valence-electron chi connectivity index (χ1n) is 5.45. The van der Waals surface area contributed by atoms with E-state index in [9.17, 15) is 9.59 Å². The molecule has 0 aromatic heterocycles. The smallest absolute Gasteiger partial charge is 0.307 e. The average Bonchev–Trinajstić information content (AvgIpc) is 2.17. The normalized spacial score (nSPS) is 37.7. The number of carbonyl (C=O) groups is 2. The Kier molecular flexibility index (Phi) is 2.57. The van der Waals surface area contributed by atoms with Gasteiger partial charge >= 0.3 is 5.97 Å². The molecule has 2 aliphatic carbocycles. The van der Waals surface area contributed by atoms with Crippen molar-refractivity contribution >= 4 is 11.8 Å². The molecular weight excluding hydrogens is 180 g/mol. The van der Waals surface area contributed by atoms with Gasteiger partial charge in [-0.2, -0.15) is 0 Å². The van der Waals surface area contributed by atoms with Gasteiger partial charge in [0.25, 0.3) is 0 Å². The second kappa shape index (κ2) is 3.71. The summed E-state index contributed by atoms with van der Waals surface area (Å²) in [5.74, 6) is -0.744. The summed E-state index contributed by atoms with van der Waals surface area (Å²) in [6.45, 7) is 0. The van der Waals surface area contributed by atoms with Crippen LogP contribution in [0.15, 0.2) is 0 Å². The highest BCUT2D eigenvalue weighted by Crippen LogP contribution is 2.42. The maximum atomic E-state index is 11.7. The minimum absolute atomic E-state index is 0.157. The molecule has 0 amide bonds. The predicted octanol–water partition coefficient (Wildman–Crippen LogP) is 1.86. The van der Waals surface area contributed by atoms with Crippen LogP contribution in [0, 0.1) is 17.8 Å². The minimum atomic E-state index is -0.769. The van der Waals surface area contributed by atoms with E-state index in [-0.39, 0.29) is 17.6 Å². The summed E-state index contributed by atoms with van der Waals surface area (Å²) in [7, 11) is 0. The predicted molar refractivity (Wildman–Crippen MR) is 50.8 cm³/mol. The topological polar surface area (TPSA) is 54.4 Å². The van der Waals surface area contributed by atoms with Crippen LogP contribution in [0.1, 0.15) is 38.5 Å². The standard InChI is InChI=1S/C11H16O3/c12-9-6-2-4-7-3-1-5-8(10(7)9)11(13)14/h7-8,10H,1-6H2,(H,13,14). The first-order chi connectivity index (χ1) is 6.70. The molecule has 1 N–H and O–H groups in total. The van der Waals surface area contributed by atoms with Crippen molar-refractivity contribution in [1.29, 1.82) is 0 Å². The highest BCUT2D eigenvalue weighted by molar-refractivity contribution is 5.87. The molecule has 2 aliphatic rings. The number of carbonyl (C=O) groups excluding carboxylic acids is 1. The molecule has 0 aromatic rings. The van der Waals surface area contributed by atoms with E-state index in [0.717, 1.165) is 25.7 Å². The fourth-order valence-corrected chi connectivity index (χ4v) is 3.08. The molecule has 0 aromatic carbocycles. The summed E-state index contributed by atoms with van der Waals surface area (Å²) < 4.78 is 0. The van der Waals surface area contributed by atoms with Crippen molar-refractivity contribution in [2.75, 3.05) is 0 Å². The van der Waals surface area contributed by atoms with Gasteiger partial charge in [0.1, 0.15) is 5.78 Å². The summed E-state index contributed by atoms with van der Waals surface area (Å²) in [5.41, 5.74) is 0. The minimum Gasteiger partial charge on any atom is -0.481 e. The molecule has 2 rings (SSSR count). The van der Waals surface area contributed by atoms with E-state index >= 15 is 0 Å². The van der Waals surface area contributed by atoms with E-state index in [1.165, 1.54) is 0 Å². The van der Waals surface area contributed by atoms with E-state index in [2.05, 4.69) is 0 Å². The number of ketones is 1. The fourth-order valence-electron chi connectivity index (χ4n) is 3.08. The fraction of sp³-hybridized carbons (Fsp3) is 0.818. The maximum Gasteiger partial charge on any atom is 0.307 e. The van der Waals surface area contributed by atoms with Crippen LogP contribution in [0.25, 0.3) is 0 Å². The van der Waals surface area contributed by atoms with E-state index in [4.69, 9.17) is 5.11 Å². The number of aliphatic carboxylic acids is 1. The third kappa shape index (κ3) is 1.56. The van der Waals surface area contributed by atoms with Crippen LogP contribution in [0.5, 0.6) is 0 Å². The average molecular weight is 196 g/mol. The lowest BCUT2D eigenvalue weighted by molar-refractivity contribution is -0.151. The second-order valence-electron chi connectivity index (χ2n) is 4.52. The Morgan fingerprint density at radius 3 is 2.64 bits per heavy atom. The largest absolute Gasteiger partial charge is 0.481 e. The van der Waals surface area contributed by atoms with Gasteiger partial charge in [0, 0.05) is 12.3 Å². The highest BCUT2D eigenvalue weighted by atomic mass is 16.4. The zero-order valence-electron chi connectivity index (χ0n) is 8.24. The number of rotatable bonds is 1. The summed E-state index contributed by atoms with van der Waals surface area (Å²) in [4.78, 5) is 22.7. The molecule has 0 bridgehead atoms. The van der Waals surface area contributed by atoms with Crippen LogP contribution >= 0.6 is 0 Å². The van der Waals surface area contributed by atoms with E-state index in [0.29, 0.717) is 18.8 Å². The number of hydrogen-bond acceptors (Lipinski definition) is 2. The van der Waals surface area contributed by atoms with Gasteiger partial charge in [-0.15, -0.1) is 0 Å². The van der Waals surface area contributed by atoms with Gasteiger partial charge in [-0.3, -0.25) is 9.59 Å². The van der Waals surface area contributed by atoms with Gasteiger partial charge in [-0.25, -0.2) is 0 Å². The zero-order chi connectivity index (χ0) is 10.1. The van der Waals surface area contributed by atoms with Gasteiger partial charge in [-0.05, 0) is 31.6 Å². The van der Waals surface area contributed by atoms with Crippen molar-refractivity contribution in [2.45, 2.75) is 38.5 Å². The molecule has 0 radical (unpaired) electrons. The third-order valence-corrected chi connectivity index (χ3v) is 3.72. The van der Waals surface area contributed by atoms with Crippen molar-refractivity contribution < 1.29 is 14.7 Å².